The van der Waals surface area contributed by atoms with Crippen LogP contribution in [-0.2, 0) is 4.79 Å². The molecule has 2 fully saturated rings. The molecule has 2 aliphatic rings. The van der Waals surface area contributed by atoms with Gasteiger partial charge in [-0.05, 0) is 42.9 Å². The Morgan fingerprint density at radius 1 is 1.14 bits per heavy atom. The van der Waals surface area contributed by atoms with Crippen LogP contribution in [0, 0.1) is 17.8 Å². The second-order valence-corrected chi connectivity index (χ2v) is 6.60. The van der Waals surface area contributed by atoms with Gasteiger partial charge in [-0.15, -0.1) is 0 Å². The van der Waals surface area contributed by atoms with E-state index in [1.54, 1.807) is 17.0 Å². The summed E-state index contributed by atoms with van der Waals surface area (Å²) < 4.78 is 0. The fourth-order valence-electron chi connectivity index (χ4n) is 3.07. The number of carbonyl (C=O) groups is 2. The average Bonchev–Trinajstić information content (AvgIpc) is 3.19. The van der Waals surface area contributed by atoms with Crippen molar-refractivity contribution in [2.75, 3.05) is 13.1 Å². The molecule has 1 aliphatic carbocycles. The van der Waals surface area contributed by atoms with Crippen LogP contribution in [0.25, 0.3) is 0 Å². The van der Waals surface area contributed by atoms with Crippen LogP contribution in [0.15, 0.2) is 18.2 Å². The van der Waals surface area contributed by atoms with E-state index in [2.05, 4.69) is 0 Å². The third-order valence-corrected chi connectivity index (χ3v) is 5.10. The van der Waals surface area contributed by atoms with Crippen molar-refractivity contribution in [2.24, 2.45) is 17.8 Å². The minimum absolute atomic E-state index is 0.0780. The van der Waals surface area contributed by atoms with E-state index in [1.807, 2.05) is 0 Å². The average molecular weight is 328 g/mol. The van der Waals surface area contributed by atoms with Crippen LogP contribution in [0.1, 0.15) is 23.2 Å². The normalized spacial score (nSPS) is 25.1. The van der Waals surface area contributed by atoms with Crippen molar-refractivity contribution in [3.8, 4) is 0 Å². The zero-order valence-electron chi connectivity index (χ0n) is 11.3. The SMILES string of the molecule is O=C(O)[C@H]1CN(C(=O)c2ccc(Cl)c(Cl)c2)C[C@@H]1C1CC1. The first-order valence-electron chi connectivity index (χ1n) is 6.94. The first-order chi connectivity index (χ1) is 9.97. The second-order valence-electron chi connectivity index (χ2n) is 5.79. The van der Waals surface area contributed by atoms with Gasteiger partial charge in [0.1, 0.15) is 0 Å². The molecule has 112 valence electrons. The smallest absolute Gasteiger partial charge is 0.308 e. The molecule has 4 nitrogen and oxygen atoms in total. The molecule has 3 rings (SSSR count). The minimum atomic E-state index is -0.809. The van der Waals surface area contributed by atoms with Crippen LogP contribution in [0.5, 0.6) is 0 Å². The number of hydrogen-bond donors (Lipinski definition) is 1. The second kappa shape index (κ2) is 5.50. The van der Waals surface area contributed by atoms with Crippen molar-refractivity contribution in [2.45, 2.75) is 12.8 Å². The quantitative estimate of drug-likeness (QED) is 0.927. The van der Waals surface area contributed by atoms with E-state index < -0.39 is 11.9 Å². The predicted octanol–water partition coefficient (Wildman–Crippen LogP) is 3.18. The first kappa shape index (κ1) is 14.7. The van der Waals surface area contributed by atoms with Gasteiger partial charge >= 0.3 is 5.97 Å². The monoisotopic (exact) mass is 327 g/mol. The number of rotatable bonds is 3. The van der Waals surface area contributed by atoms with Gasteiger partial charge in [-0.2, -0.15) is 0 Å². The zero-order valence-corrected chi connectivity index (χ0v) is 12.8. The van der Waals surface area contributed by atoms with Gasteiger partial charge in [0, 0.05) is 18.7 Å². The molecule has 1 N–H and O–H groups in total. The Labute approximate surface area is 132 Å². The molecule has 0 spiro atoms. The molecule has 1 saturated heterocycles. The lowest BCUT2D eigenvalue weighted by Gasteiger charge is -2.16. The molecule has 1 amide bonds. The molecule has 1 heterocycles. The molecule has 6 heteroatoms. The Bertz CT molecular complexity index is 601. The minimum Gasteiger partial charge on any atom is -0.481 e. The van der Waals surface area contributed by atoms with Gasteiger partial charge in [-0.25, -0.2) is 0 Å². The van der Waals surface area contributed by atoms with E-state index in [9.17, 15) is 14.7 Å². The molecular formula is C15H15Cl2NO3. The third-order valence-electron chi connectivity index (χ3n) is 4.36. The molecule has 1 aromatic rings. The number of benzene rings is 1. The van der Waals surface area contributed by atoms with Crippen LogP contribution in [-0.4, -0.2) is 35.0 Å². The number of carboxylic acid groups (broad SMARTS) is 1. The summed E-state index contributed by atoms with van der Waals surface area (Å²) in [6.45, 7) is 0.788. The molecule has 1 aliphatic heterocycles. The number of nitrogens with zero attached hydrogens (tertiary/aromatic N) is 1. The van der Waals surface area contributed by atoms with E-state index in [1.165, 1.54) is 6.07 Å². The van der Waals surface area contributed by atoms with E-state index in [-0.39, 0.29) is 18.4 Å². The van der Waals surface area contributed by atoms with Crippen LogP contribution >= 0.6 is 23.2 Å². The maximum Gasteiger partial charge on any atom is 0.308 e. The van der Waals surface area contributed by atoms with Gasteiger partial charge in [0.25, 0.3) is 5.91 Å². The summed E-state index contributed by atoms with van der Waals surface area (Å²) in [6, 6.07) is 4.74. The molecule has 0 aromatic heterocycles. The Morgan fingerprint density at radius 2 is 1.86 bits per heavy atom. The molecule has 0 unspecified atom stereocenters. The van der Waals surface area contributed by atoms with Gasteiger partial charge < -0.3 is 10.0 Å². The van der Waals surface area contributed by atoms with Crippen molar-refractivity contribution in [3.05, 3.63) is 33.8 Å². The summed E-state index contributed by atoms with van der Waals surface area (Å²) in [4.78, 5) is 25.5. The third kappa shape index (κ3) is 2.87. The number of carbonyl (C=O) groups excluding carboxylic acids is 1. The van der Waals surface area contributed by atoms with E-state index >= 15 is 0 Å². The summed E-state index contributed by atoms with van der Waals surface area (Å²) >= 11 is 11.8. The van der Waals surface area contributed by atoms with Crippen LogP contribution in [0.4, 0.5) is 0 Å². The van der Waals surface area contributed by atoms with E-state index in [4.69, 9.17) is 23.2 Å². The highest BCUT2D eigenvalue weighted by Crippen LogP contribution is 2.44. The molecule has 0 radical (unpaired) electrons. The van der Waals surface area contributed by atoms with Crippen molar-refractivity contribution in [1.29, 1.82) is 0 Å². The maximum absolute atomic E-state index is 12.5. The lowest BCUT2D eigenvalue weighted by Crippen LogP contribution is -2.29. The molecular weight excluding hydrogens is 313 g/mol. The Balaban J connectivity index is 1.78. The highest BCUT2D eigenvalue weighted by Gasteiger charge is 2.46. The summed E-state index contributed by atoms with van der Waals surface area (Å²) in [5.74, 6) is -0.907. The van der Waals surface area contributed by atoms with Gasteiger partial charge in [0.15, 0.2) is 0 Å². The van der Waals surface area contributed by atoms with Gasteiger partial charge in [0.05, 0.1) is 16.0 Å². The van der Waals surface area contributed by atoms with Crippen molar-refractivity contribution in [1.82, 2.24) is 4.90 Å². The largest absolute Gasteiger partial charge is 0.481 e. The summed E-state index contributed by atoms with van der Waals surface area (Å²) in [5.41, 5.74) is 0.449. The van der Waals surface area contributed by atoms with Crippen molar-refractivity contribution >= 4 is 35.1 Å². The van der Waals surface area contributed by atoms with Gasteiger partial charge in [-0.3, -0.25) is 9.59 Å². The van der Waals surface area contributed by atoms with E-state index in [0.29, 0.717) is 28.1 Å². The van der Waals surface area contributed by atoms with Gasteiger partial charge in [0.2, 0.25) is 0 Å². The highest BCUT2D eigenvalue weighted by atomic mass is 35.5. The lowest BCUT2D eigenvalue weighted by atomic mass is 9.92. The van der Waals surface area contributed by atoms with Crippen LogP contribution in [0.3, 0.4) is 0 Å². The number of aliphatic carboxylic acids is 1. The number of amides is 1. The predicted molar refractivity (Wildman–Crippen MR) is 79.7 cm³/mol. The lowest BCUT2D eigenvalue weighted by molar-refractivity contribution is -0.142. The number of carboxylic acids is 1. The Hall–Kier alpha value is -1.26. The zero-order chi connectivity index (χ0) is 15.1. The fraction of sp³-hybridized carbons (Fsp3) is 0.467. The molecule has 1 saturated carbocycles. The topological polar surface area (TPSA) is 57.6 Å². The molecule has 2 atom stereocenters. The molecule has 1 aromatic carbocycles. The Morgan fingerprint density at radius 3 is 2.43 bits per heavy atom. The van der Waals surface area contributed by atoms with Crippen molar-refractivity contribution in [3.63, 3.8) is 0 Å². The summed E-state index contributed by atoms with van der Waals surface area (Å²) in [5, 5.41) is 10.1. The van der Waals surface area contributed by atoms with E-state index in [0.717, 1.165) is 12.8 Å². The van der Waals surface area contributed by atoms with Crippen LogP contribution < -0.4 is 0 Å². The Kier molecular flexibility index (Phi) is 3.84. The van der Waals surface area contributed by atoms with Crippen molar-refractivity contribution < 1.29 is 14.7 Å². The van der Waals surface area contributed by atoms with Gasteiger partial charge in [-0.1, -0.05) is 23.2 Å². The summed E-state index contributed by atoms with van der Waals surface area (Å²) in [6.07, 6.45) is 2.15. The summed E-state index contributed by atoms with van der Waals surface area (Å²) in [7, 11) is 0. The fourth-order valence-corrected chi connectivity index (χ4v) is 3.37. The number of likely N-dealkylation sites (tertiary alicyclic amines) is 1. The number of halogens is 2. The highest BCUT2D eigenvalue weighted by molar-refractivity contribution is 6.42. The molecule has 0 bridgehead atoms. The van der Waals surface area contributed by atoms with Crippen LogP contribution in [0.2, 0.25) is 10.0 Å². The maximum atomic E-state index is 12.5. The first-order valence-corrected chi connectivity index (χ1v) is 7.70. The number of hydrogen-bond acceptors (Lipinski definition) is 2. The molecule has 21 heavy (non-hydrogen) atoms. The standard InChI is InChI=1S/C15H15Cl2NO3/c16-12-4-3-9(5-13(12)17)14(19)18-6-10(8-1-2-8)11(7-18)15(20)21/h3-5,8,10-11H,1-2,6-7H2,(H,20,21)/t10-,11+/m1/s1.